The van der Waals surface area contributed by atoms with Gasteiger partial charge in [-0.25, -0.2) is 0 Å². The van der Waals surface area contributed by atoms with Crippen molar-refractivity contribution in [2.24, 2.45) is 5.73 Å². The fourth-order valence-electron chi connectivity index (χ4n) is 2.91. The first kappa shape index (κ1) is 14.1. The van der Waals surface area contributed by atoms with E-state index in [0.29, 0.717) is 6.10 Å². The van der Waals surface area contributed by atoms with Crippen molar-refractivity contribution in [2.75, 3.05) is 18.6 Å². The zero-order chi connectivity index (χ0) is 14.0. The molecule has 110 valence electrons. The van der Waals surface area contributed by atoms with E-state index in [1.807, 2.05) is 17.8 Å². The van der Waals surface area contributed by atoms with E-state index in [9.17, 15) is 0 Å². The molecule has 4 heteroatoms. The Morgan fingerprint density at radius 1 is 1.25 bits per heavy atom. The molecule has 1 aromatic rings. The molecular weight excluding hydrogens is 270 g/mol. The van der Waals surface area contributed by atoms with Gasteiger partial charge in [-0.3, -0.25) is 0 Å². The molecule has 1 heterocycles. The summed E-state index contributed by atoms with van der Waals surface area (Å²) in [6, 6.07) is 6.17. The molecule has 1 saturated heterocycles. The highest BCUT2D eigenvalue weighted by atomic mass is 32.2. The van der Waals surface area contributed by atoms with E-state index in [0.717, 1.165) is 36.5 Å². The van der Waals surface area contributed by atoms with Gasteiger partial charge in [0.1, 0.15) is 6.10 Å². The van der Waals surface area contributed by atoms with Gasteiger partial charge in [-0.05, 0) is 55.6 Å². The Morgan fingerprint density at radius 3 is 2.70 bits per heavy atom. The number of thioether (sulfide) groups is 1. The van der Waals surface area contributed by atoms with E-state index < -0.39 is 0 Å². The molecule has 0 aromatic heterocycles. The molecule has 2 N–H and O–H groups in total. The minimum absolute atomic E-state index is 0.147. The zero-order valence-electron chi connectivity index (χ0n) is 12.1. The standard InChI is InChI=1S/C16H23NO2S/c1-18-14-6-5-12(16(17)7-3-8-16)10-15(14)19-13-4-2-9-20-11-13/h5-6,10,13H,2-4,7-9,11,17H2,1H3. The Kier molecular flexibility index (Phi) is 4.13. The molecule has 1 saturated carbocycles. The van der Waals surface area contributed by atoms with Crippen LogP contribution in [-0.4, -0.2) is 24.7 Å². The second-order valence-corrected chi connectivity index (χ2v) is 6.98. The maximum absolute atomic E-state index is 6.42. The van der Waals surface area contributed by atoms with Gasteiger partial charge >= 0.3 is 0 Å². The molecule has 0 bridgehead atoms. The molecular formula is C16H23NO2S. The molecule has 1 unspecified atom stereocenters. The number of methoxy groups -OCH3 is 1. The highest BCUT2D eigenvalue weighted by Crippen LogP contribution is 2.42. The van der Waals surface area contributed by atoms with Crippen LogP contribution in [0.2, 0.25) is 0 Å². The van der Waals surface area contributed by atoms with Gasteiger partial charge in [-0.15, -0.1) is 0 Å². The largest absolute Gasteiger partial charge is 0.493 e. The number of nitrogens with two attached hydrogens (primary N) is 1. The van der Waals surface area contributed by atoms with Gasteiger partial charge in [0.25, 0.3) is 0 Å². The van der Waals surface area contributed by atoms with Gasteiger partial charge in [0.2, 0.25) is 0 Å². The molecule has 3 nitrogen and oxygen atoms in total. The summed E-state index contributed by atoms with van der Waals surface area (Å²) in [7, 11) is 1.69. The molecule has 1 atom stereocenters. The van der Waals surface area contributed by atoms with Crippen molar-refractivity contribution in [1.82, 2.24) is 0 Å². The highest BCUT2D eigenvalue weighted by Gasteiger charge is 2.35. The lowest BCUT2D eigenvalue weighted by molar-refractivity contribution is 0.200. The molecule has 2 aliphatic rings. The minimum atomic E-state index is -0.147. The third-order valence-corrected chi connectivity index (χ3v) is 5.58. The van der Waals surface area contributed by atoms with Crippen LogP contribution < -0.4 is 15.2 Å². The van der Waals surface area contributed by atoms with Crippen LogP contribution in [0.4, 0.5) is 0 Å². The average molecular weight is 293 g/mol. The zero-order valence-corrected chi connectivity index (χ0v) is 12.9. The number of benzene rings is 1. The third kappa shape index (κ3) is 2.77. The van der Waals surface area contributed by atoms with E-state index in [4.69, 9.17) is 15.2 Å². The van der Waals surface area contributed by atoms with Crippen LogP contribution in [0.15, 0.2) is 18.2 Å². The Hall–Kier alpha value is -0.870. The molecule has 20 heavy (non-hydrogen) atoms. The maximum Gasteiger partial charge on any atom is 0.161 e. The van der Waals surface area contributed by atoms with E-state index in [1.54, 1.807) is 7.11 Å². The summed E-state index contributed by atoms with van der Waals surface area (Å²) in [6.07, 6.45) is 6.02. The Morgan fingerprint density at radius 2 is 2.10 bits per heavy atom. The van der Waals surface area contributed by atoms with E-state index >= 15 is 0 Å². The van der Waals surface area contributed by atoms with E-state index in [-0.39, 0.29) is 5.54 Å². The van der Waals surface area contributed by atoms with Crippen molar-refractivity contribution in [2.45, 2.75) is 43.7 Å². The van der Waals surface area contributed by atoms with Gasteiger partial charge in [-0.2, -0.15) is 11.8 Å². The van der Waals surface area contributed by atoms with Crippen molar-refractivity contribution in [3.8, 4) is 11.5 Å². The average Bonchev–Trinajstić information content (AvgIpc) is 2.46. The number of hydrogen-bond acceptors (Lipinski definition) is 4. The summed E-state index contributed by atoms with van der Waals surface area (Å²) in [5.41, 5.74) is 7.45. The smallest absolute Gasteiger partial charge is 0.161 e. The molecule has 0 amide bonds. The molecule has 3 rings (SSSR count). The molecule has 2 fully saturated rings. The number of hydrogen-bond donors (Lipinski definition) is 1. The van der Waals surface area contributed by atoms with Crippen LogP contribution in [0, 0.1) is 0 Å². The van der Waals surface area contributed by atoms with Crippen LogP contribution in [0.1, 0.15) is 37.7 Å². The van der Waals surface area contributed by atoms with Crippen LogP contribution in [0.5, 0.6) is 11.5 Å². The monoisotopic (exact) mass is 293 g/mol. The second kappa shape index (κ2) is 5.86. The Balaban J connectivity index is 1.81. The van der Waals surface area contributed by atoms with Crippen LogP contribution in [-0.2, 0) is 5.54 Å². The SMILES string of the molecule is COc1ccc(C2(N)CCC2)cc1OC1CCCSC1. The summed E-state index contributed by atoms with van der Waals surface area (Å²) in [5.74, 6) is 3.99. The maximum atomic E-state index is 6.42. The van der Waals surface area contributed by atoms with Crippen molar-refractivity contribution in [1.29, 1.82) is 0 Å². The van der Waals surface area contributed by atoms with Gasteiger partial charge in [0.15, 0.2) is 11.5 Å². The molecule has 0 radical (unpaired) electrons. The molecule has 1 aromatic carbocycles. The van der Waals surface area contributed by atoms with Crippen molar-refractivity contribution in [3.63, 3.8) is 0 Å². The summed E-state index contributed by atoms with van der Waals surface area (Å²) in [5, 5.41) is 0. The fourth-order valence-corrected chi connectivity index (χ4v) is 3.94. The fraction of sp³-hybridized carbons (Fsp3) is 0.625. The van der Waals surface area contributed by atoms with Crippen molar-refractivity contribution >= 4 is 11.8 Å². The van der Waals surface area contributed by atoms with Gasteiger partial charge in [-0.1, -0.05) is 6.07 Å². The first-order valence-electron chi connectivity index (χ1n) is 7.43. The summed E-state index contributed by atoms with van der Waals surface area (Å²) in [6.45, 7) is 0. The second-order valence-electron chi connectivity index (χ2n) is 5.83. The van der Waals surface area contributed by atoms with Crippen LogP contribution in [0.25, 0.3) is 0 Å². The number of rotatable bonds is 4. The van der Waals surface area contributed by atoms with Crippen LogP contribution >= 0.6 is 11.8 Å². The lowest BCUT2D eigenvalue weighted by Crippen LogP contribution is -2.43. The topological polar surface area (TPSA) is 44.5 Å². The lowest BCUT2D eigenvalue weighted by Gasteiger charge is -2.39. The first-order chi connectivity index (χ1) is 9.71. The highest BCUT2D eigenvalue weighted by molar-refractivity contribution is 7.99. The summed E-state index contributed by atoms with van der Waals surface area (Å²) < 4.78 is 11.6. The van der Waals surface area contributed by atoms with Crippen molar-refractivity contribution < 1.29 is 9.47 Å². The van der Waals surface area contributed by atoms with E-state index in [1.165, 1.54) is 24.2 Å². The molecule has 1 aliphatic heterocycles. The van der Waals surface area contributed by atoms with Gasteiger partial charge in [0, 0.05) is 11.3 Å². The van der Waals surface area contributed by atoms with Gasteiger partial charge in [0.05, 0.1) is 7.11 Å². The third-order valence-electron chi connectivity index (χ3n) is 4.40. The predicted octanol–water partition coefficient (Wildman–Crippen LogP) is 3.31. The Labute approximate surface area is 125 Å². The molecule has 0 spiro atoms. The summed E-state index contributed by atoms with van der Waals surface area (Å²) >= 11 is 1.97. The number of ether oxygens (including phenoxy) is 2. The predicted molar refractivity (Wildman–Crippen MR) is 83.7 cm³/mol. The van der Waals surface area contributed by atoms with E-state index in [2.05, 4.69) is 12.1 Å². The minimum Gasteiger partial charge on any atom is -0.493 e. The first-order valence-corrected chi connectivity index (χ1v) is 8.58. The normalized spacial score (nSPS) is 24.8. The van der Waals surface area contributed by atoms with Crippen molar-refractivity contribution in [3.05, 3.63) is 23.8 Å². The van der Waals surface area contributed by atoms with Crippen LogP contribution in [0.3, 0.4) is 0 Å². The quantitative estimate of drug-likeness (QED) is 0.925. The molecule has 1 aliphatic carbocycles. The summed E-state index contributed by atoms with van der Waals surface area (Å²) in [4.78, 5) is 0. The van der Waals surface area contributed by atoms with Gasteiger partial charge < -0.3 is 15.2 Å². The lowest BCUT2D eigenvalue weighted by atomic mass is 9.73. The Bertz CT molecular complexity index is 468.